The molecule has 0 N–H and O–H groups in total. The summed E-state index contributed by atoms with van der Waals surface area (Å²) >= 11 is 6.00. The average Bonchev–Trinajstić information content (AvgIpc) is 1.98. The summed E-state index contributed by atoms with van der Waals surface area (Å²) in [5.74, 6) is 0. The van der Waals surface area contributed by atoms with E-state index in [0.29, 0.717) is 0 Å². The molecule has 0 atom stereocenters. The molecule has 0 unspecified atom stereocenters. The van der Waals surface area contributed by atoms with Gasteiger partial charge in [-0.1, -0.05) is 0 Å². The van der Waals surface area contributed by atoms with Crippen LogP contribution in [-0.4, -0.2) is 22.5 Å². The van der Waals surface area contributed by atoms with Crippen molar-refractivity contribution >= 4 is 39.9 Å². The summed E-state index contributed by atoms with van der Waals surface area (Å²) in [7, 11) is 1.25. The monoisotopic (exact) mass is 412 g/mol. The van der Waals surface area contributed by atoms with Crippen molar-refractivity contribution < 1.29 is 10.9 Å². The van der Waals surface area contributed by atoms with Crippen LogP contribution in [0.25, 0.3) is 0 Å². The van der Waals surface area contributed by atoms with E-state index in [4.69, 9.17) is 0 Å². The van der Waals surface area contributed by atoms with Crippen molar-refractivity contribution in [2.75, 3.05) is 0 Å². The van der Waals surface area contributed by atoms with Crippen molar-refractivity contribution in [3.05, 3.63) is 0 Å². The van der Waals surface area contributed by atoms with E-state index in [1.165, 1.54) is 10.9 Å². The van der Waals surface area contributed by atoms with Gasteiger partial charge < -0.3 is 0 Å². The minimum atomic E-state index is -0.0151. The van der Waals surface area contributed by atoms with Gasteiger partial charge in [0.2, 0.25) is 0 Å². The molecule has 17 heavy (non-hydrogen) atoms. The van der Waals surface area contributed by atoms with Gasteiger partial charge in [0.05, 0.1) is 22.5 Å². The van der Waals surface area contributed by atoms with E-state index in [2.05, 4.69) is 80.0 Å². The molecule has 106 valence electrons. The van der Waals surface area contributed by atoms with Gasteiger partial charge in [-0.15, -0.1) is 0 Å². The van der Waals surface area contributed by atoms with E-state index in [0.717, 1.165) is 11.4 Å². The summed E-state index contributed by atoms with van der Waals surface area (Å²) in [4.78, 5) is 9.16. The fourth-order valence-electron chi connectivity index (χ4n) is 1.17. The first kappa shape index (κ1) is 20.1. The minimum absolute atomic E-state index is 0.0151. The molecule has 0 aromatic carbocycles. The molecule has 0 fully saturated rings. The van der Waals surface area contributed by atoms with Crippen molar-refractivity contribution in [3.8, 4) is 0 Å². The van der Waals surface area contributed by atoms with E-state index in [1.807, 2.05) is 13.8 Å². The molecule has 0 aromatic rings. The molecule has 0 aliphatic rings. The van der Waals surface area contributed by atoms with Crippen molar-refractivity contribution in [2.45, 2.75) is 66.5 Å². The molecule has 0 aromatic heterocycles. The van der Waals surface area contributed by atoms with Crippen molar-refractivity contribution in [2.24, 2.45) is 9.98 Å². The first-order valence-corrected chi connectivity index (χ1v) is 10.3. The number of hydrogen-bond donors (Lipinski definition) is 0. The first-order chi connectivity index (χ1) is 7.43. The van der Waals surface area contributed by atoms with Crippen molar-refractivity contribution in [3.63, 3.8) is 0 Å². The van der Waals surface area contributed by atoms with Crippen LogP contribution in [-0.2, 0) is 10.9 Å². The summed E-state index contributed by atoms with van der Waals surface area (Å²) in [5, 5.41) is 0. The van der Waals surface area contributed by atoms with Gasteiger partial charge in [0.15, 0.2) is 0 Å². The Morgan fingerprint density at radius 2 is 0.941 bits per heavy atom. The molecule has 0 spiro atoms. The van der Waals surface area contributed by atoms with E-state index in [1.54, 1.807) is 0 Å². The molecule has 0 heterocycles. The molecule has 0 radical (unpaired) electrons. The molecule has 0 amide bonds. The Bertz CT molecular complexity index is 245. The van der Waals surface area contributed by atoms with Crippen LogP contribution in [0.1, 0.15) is 55.4 Å². The summed E-state index contributed by atoms with van der Waals surface area (Å²) in [5.41, 5.74) is 2.04. The van der Waals surface area contributed by atoms with Gasteiger partial charge in [0.25, 0.3) is 0 Å². The zero-order chi connectivity index (χ0) is 14.3. The maximum atomic E-state index is 4.58. The van der Waals surface area contributed by atoms with Crippen LogP contribution < -0.4 is 0 Å². The van der Waals surface area contributed by atoms with Gasteiger partial charge in [0, 0.05) is 0 Å². The van der Waals surface area contributed by atoms with Gasteiger partial charge in [-0.2, -0.15) is 0 Å². The standard InChI is InChI=1S/C12H24N2.2BrH.Ni/c1-9(13-11(3,4)5)10(2)14-12(6,7)8;;;/h1-8H3;2*1H;/q;;;+2/p-2. The second kappa shape index (κ2) is 8.82. The van der Waals surface area contributed by atoms with Gasteiger partial charge in [0.1, 0.15) is 0 Å². The van der Waals surface area contributed by atoms with Gasteiger partial charge in [-0.3, -0.25) is 9.98 Å². The Kier molecular flexibility index (Phi) is 10.4. The molecule has 0 bridgehead atoms. The van der Waals surface area contributed by atoms with E-state index >= 15 is 0 Å². The van der Waals surface area contributed by atoms with E-state index in [9.17, 15) is 0 Å². The number of rotatable bonds is 1. The molecule has 0 aliphatic heterocycles. The fraction of sp³-hybridized carbons (Fsp3) is 0.833. The quantitative estimate of drug-likeness (QED) is 0.416. The van der Waals surface area contributed by atoms with Crippen LogP contribution in [0.2, 0.25) is 0 Å². The molecule has 0 saturated heterocycles. The van der Waals surface area contributed by atoms with E-state index < -0.39 is 0 Å². The Hall–Kier alpha value is 0.794. The Morgan fingerprint density at radius 3 is 1.06 bits per heavy atom. The predicted molar refractivity (Wildman–Crippen MR) is 83.6 cm³/mol. The number of halogens is 2. The predicted octanol–water partition coefficient (Wildman–Crippen LogP) is 5.19. The third-order valence-corrected chi connectivity index (χ3v) is 1.53. The summed E-state index contributed by atoms with van der Waals surface area (Å²) in [6.07, 6.45) is 0. The average molecular weight is 415 g/mol. The second-order valence-electron chi connectivity index (χ2n) is 5.78. The number of hydrogen-bond acceptors (Lipinski definition) is 2. The van der Waals surface area contributed by atoms with Crippen molar-refractivity contribution in [1.29, 1.82) is 0 Å². The zero-order valence-corrected chi connectivity index (χ0v) is 16.1. The molecule has 0 saturated carbocycles. The summed E-state index contributed by atoms with van der Waals surface area (Å²) in [6, 6.07) is 0. The van der Waals surface area contributed by atoms with Crippen LogP contribution in [0.5, 0.6) is 0 Å². The van der Waals surface area contributed by atoms with Crippen molar-refractivity contribution in [1.82, 2.24) is 0 Å². The first-order valence-electron chi connectivity index (χ1n) is 5.38. The Morgan fingerprint density at radius 1 is 0.765 bits per heavy atom. The molecule has 5 heteroatoms. The fourth-order valence-corrected chi connectivity index (χ4v) is 1.17. The van der Waals surface area contributed by atoms with Gasteiger partial charge >= 0.3 is 39.3 Å². The van der Waals surface area contributed by atoms with Gasteiger partial charge in [-0.05, 0) is 55.4 Å². The Balaban J connectivity index is 0. The number of aliphatic imine (C=N–C) groups is 2. The molecular weight excluding hydrogens is 391 g/mol. The summed E-state index contributed by atoms with van der Waals surface area (Å²) < 4.78 is 0. The molecule has 2 nitrogen and oxygen atoms in total. The van der Waals surface area contributed by atoms with Gasteiger partial charge in [-0.25, -0.2) is 0 Å². The second-order valence-corrected chi connectivity index (χ2v) is 10.8. The molecular formula is C12H24Br2N2Ni. The zero-order valence-electron chi connectivity index (χ0n) is 12.0. The van der Waals surface area contributed by atoms with Crippen LogP contribution in [0.4, 0.5) is 0 Å². The maximum absolute atomic E-state index is 4.58. The Labute approximate surface area is 127 Å². The topological polar surface area (TPSA) is 24.7 Å². The SMILES string of the molecule is CC(=NC(C)(C)C)C(C)=NC(C)(C)C.[Br][Ni][Br]. The normalized spacial score (nSPS) is 14.5. The summed E-state index contributed by atoms with van der Waals surface area (Å²) in [6.45, 7) is 16.6. The number of nitrogens with zero attached hydrogens (tertiary/aromatic N) is 2. The molecule has 0 rings (SSSR count). The van der Waals surface area contributed by atoms with Crippen LogP contribution in [0.15, 0.2) is 9.98 Å². The van der Waals surface area contributed by atoms with E-state index in [-0.39, 0.29) is 11.1 Å². The van der Waals surface area contributed by atoms with Crippen LogP contribution >= 0.6 is 28.5 Å². The third-order valence-electron chi connectivity index (χ3n) is 1.53. The molecule has 0 aliphatic carbocycles. The third kappa shape index (κ3) is 16.8. The van der Waals surface area contributed by atoms with Crippen LogP contribution in [0.3, 0.4) is 0 Å². The van der Waals surface area contributed by atoms with Crippen LogP contribution in [0, 0.1) is 0 Å².